The summed E-state index contributed by atoms with van der Waals surface area (Å²) in [5.74, 6) is 1.47. The lowest BCUT2D eigenvalue weighted by Crippen LogP contribution is -2.22. The minimum atomic E-state index is 0.460. The molecule has 4 nitrogen and oxygen atoms in total. The summed E-state index contributed by atoms with van der Waals surface area (Å²) >= 11 is 0. The van der Waals surface area contributed by atoms with Crippen molar-refractivity contribution in [3.8, 4) is 5.75 Å². The monoisotopic (exact) mass is 250 g/mol. The molecule has 1 N–H and O–H groups in total. The zero-order valence-electron chi connectivity index (χ0n) is 11.2. The molecule has 1 atom stereocenters. The van der Waals surface area contributed by atoms with Crippen LogP contribution in [-0.4, -0.2) is 30.8 Å². The van der Waals surface area contributed by atoms with Crippen molar-refractivity contribution in [2.45, 2.75) is 32.9 Å². The Bertz CT molecular complexity index is 363. The zero-order chi connectivity index (χ0) is 12.8. The number of hydrogen-bond acceptors (Lipinski definition) is 4. The van der Waals surface area contributed by atoms with Crippen LogP contribution in [0.3, 0.4) is 0 Å². The van der Waals surface area contributed by atoms with Crippen LogP contribution in [0.15, 0.2) is 18.5 Å². The minimum absolute atomic E-state index is 0.460. The van der Waals surface area contributed by atoms with Gasteiger partial charge in [-0.1, -0.05) is 13.8 Å². The molecule has 2 rings (SSSR count). The molecule has 2 heterocycles. The number of rotatable bonds is 6. The van der Waals surface area contributed by atoms with Crippen molar-refractivity contribution < 1.29 is 9.47 Å². The van der Waals surface area contributed by atoms with Crippen LogP contribution < -0.4 is 10.1 Å². The van der Waals surface area contributed by atoms with Crippen molar-refractivity contribution in [2.75, 3.05) is 19.8 Å². The van der Waals surface area contributed by atoms with Gasteiger partial charge in [-0.25, -0.2) is 0 Å². The van der Waals surface area contributed by atoms with Crippen LogP contribution in [0.2, 0.25) is 0 Å². The molecule has 0 bridgehead atoms. The van der Waals surface area contributed by atoms with E-state index < -0.39 is 0 Å². The Morgan fingerprint density at radius 1 is 1.56 bits per heavy atom. The van der Waals surface area contributed by atoms with Crippen LogP contribution in [0.5, 0.6) is 5.75 Å². The van der Waals surface area contributed by atoms with Crippen LogP contribution in [0.4, 0.5) is 0 Å². The lowest BCUT2D eigenvalue weighted by atomic mass is 10.1. The second-order valence-corrected chi connectivity index (χ2v) is 5.06. The fraction of sp³-hybridized carbons (Fsp3) is 0.643. The van der Waals surface area contributed by atoms with E-state index in [2.05, 4.69) is 24.1 Å². The van der Waals surface area contributed by atoms with Crippen LogP contribution in [0, 0.1) is 5.92 Å². The van der Waals surface area contributed by atoms with Gasteiger partial charge in [-0.15, -0.1) is 0 Å². The first-order valence-corrected chi connectivity index (χ1v) is 6.62. The van der Waals surface area contributed by atoms with Crippen LogP contribution in [0.1, 0.15) is 25.8 Å². The molecule has 1 aromatic rings. The van der Waals surface area contributed by atoms with E-state index in [4.69, 9.17) is 9.47 Å². The maximum absolute atomic E-state index is 5.89. The minimum Gasteiger partial charge on any atom is -0.493 e. The number of nitrogens with one attached hydrogen (secondary N) is 1. The van der Waals surface area contributed by atoms with E-state index in [1.807, 2.05) is 12.3 Å². The van der Waals surface area contributed by atoms with Crippen molar-refractivity contribution in [2.24, 2.45) is 5.92 Å². The molecule has 1 saturated heterocycles. The Morgan fingerprint density at radius 2 is 2.44 bits per heavy atom. The smallest absolute Gasteiger partial charge is 0.126 e. The van der Waals surface area contributed by atoms with Gasteiger partial charge in [-0.05, 0) is 12.5 Å². The Kier molecular flexibility index (Phi) is 4.96. The largest absolute Gasteiger partial charge is 0.493 e. The summed E-state index contributed by atoms with van der Waals surface area (Å²) in [4.78, 5) is 4.16. The Labute approximate surface area is 109 Å². The predicted molar refractivity (Wildman–Crippen MR) is 70.6 cm³/mol. The van der Waals surface area contributed by atoms with Crippen molar-refractivity contribution in [3.63, 3.8) is 0 Å². The zero-order valence-corrected chi connectivity index (χ0v) is 11.2. The van der Waals surface area contributed by atoms with Gasteiger partial charge < -0.3 is 14.8 Å². The first kappa shape index (κ1) is 13.3. The molecule has 0 saturated carbocycles. The van der Waals surface area contributed by atoms with E-state index in [9.17, 15) is 0 Å². The molecule has 1 fully saturated rings. The molecule has 0 spiro atoms. The van der Waals surface area contributed by atoms with Crippen molar-refractivity contribution in [3.05, 3.63) is 24.0 Å². The van der Waals surface area contributed by atoms with Gasteiger partial charge in [-0.3, -0.25) is 4.98 Å². The lowest BCUT2D eigenvalue weighted by Gasteiger charge is -2.15. The van der Waals surface area contributed by atoms with Crippen LogP contribution in [0.25, 0.3) is 0 Å². The fourth-order valence-corrected chi connectivity index (χ4v) is 1.92. The molecule has 0 aromatic carbocycles. The van der Waals surface area contributed by atoms with Crippen LogP contribution >= 0.6 is 0 Å². The molecule has 0 radical (unpaired) electrons. The predicted octanol–water partition coefficient (Wildman–Crippen LogP) is 1.99. The molecule has 1 aromatic heterocycles. The highest BCUT2D eigenvalue weighted by atomic mass is 16.5. The molecular weight excluding hydrogens is 228 g/mol. The van der Waals surface area contributed by atoms with Crippen LogP contribution in [-0.2, 0) is 11.3 Å². The van der Waals surface area contributed by atoms with Gasteiger partial charge in [0.1, 0.15) is 5.75 Å². The summed E-state index contributed by atoms with van der Waals surface area (Å²) in [7, 11) is 0. The number of aromatic nitrogens is 1. The lowest BCUT2D eigenvalue weighted by molar-refractivity contribution is 0.166. The summed E-state index contributed by atoms with van der Waals surface area (Å²) in [6, 6.07) is 2.40. The summed E-state index contributed by atoms with van der Waals surface area (Å²) in [6.45, 7) is 7.48. The number of pyridine rings is 1. The molecule has 4 heteroatoms. The summed E-state index contributed by atoms with van der Waals surface area (Å²) < 4.78 is 11.2. The SMILES string of the molecule is CC(C)NCc1cnccc1OCC1CCOC1. The van der Waals surface area contributed by atoms with Gasteiger partial charge in [-0.2, -0.15) is 0 Å². The first-order chi connectivity index (χ1) is 8.75. The first-order valence-electron chi connectivity index (χ1n) is 6.62. The maximum atomic E-state index is 5.89. The van der Waals surface area contributed by atoms with E-state index in [1.54, 1.807) is 6.20 Å². The van der Waals surface area contributed by atoms with E-state index in [1.165, 1.54) is 0 Å². The second-order valence-electron chi connectivity index (χ2n) is 5.06. The van der Waals surface area contributed by atoms with Crippen molar-refractivity contribution >= 4 is 0 Å². The Morgan fingerprint density at radius 3 is 3.17 bits per heavy atom. The third-order valence-electron chi connectivity index (χ3n) is 3.06. The normalized spacial score (nSPS) is 19.4. The van der Waals surface area contributed by atoms with Gasteiger partial charge in [0, 0.05) is 43.1 Å². The average Bonchev–Trinajstić information content (AvgIpc) is 2.88. The third-order valence-corrected chi connectivity index (χ3v) is 3.06. The van der Waals surface area contributed by atoms with Gasteiger partial charge in [0.15, 0.2) is 0 Å². The second kappa shape index (κ2) is 6.71. The maximum Gasteiger partial charge on any atom is 0.126 e. The summed E-state index contributed by atoms with van der Waals surface area (Å²) in [6.07, 6.45) is 4.75. The highest BCUT2D eigenvalue weighted by Gasteiger charge is 2.16. The molecule has 0 amide bonds. The van der Waals surface area contributed by atoms with Crippen molar-refractivity contribution in [1.82, 2.24) is 10.3 Å². The Hall–Kier alpha value is -1.13. The van der Waals surface area contributed by atoms with E-state index in [-0.39, 0.29) is 0 Å². The van der Waals surface area contributed by atoms with Crippen molar-refractivity contribution in [1.29, 1.82) is 0 Å². The molecule has 0 aliphatic carbocycles. The molecule has 1 unspecified atom stereocenters. The molecule has 18 heavy (non-hydrogen) atoms. The van der Waals surface area contributed by atoms with E-state index in [0.29, 0.717) is 12.0 Å². The standard InChI is InChI=1S/C14H22N2O2/c1-11(2)16-8-13-7-15-5-3-14(13)18-10-12-4-6-17-9-12/h3,5,7,11-12,16H,4,6,8-10H2,1-2H3. The molecule has 1 aliphatic rings. The summed E-state index contributed by atoms with van der Waals surface area (Å²) in [5.41, 5.74) is 1.12. The van der Waals surface area contributed by atoms with Gasteiger partial charge >= 0.3 is 0 Å². The molecule has 1 aliphatic heterocycles. The topological polar surface area (TPSA) is 43.4 Å². The number of ether oxygens (including phenoxy) is 2. The third kappa shape index (κ3) is 3.96. The molecule has 100 valence electrons. The Balaban J connectivity index is 1.89. The number of hydrogen-bond donors (Lipinski definition) is 1. The number of nitrogens with zero attached hydrogens (tertiary/aromatic N) is 1. The van der Waals surface area contributed by atoms with Gasteiger partial charge in [0.05, 0.1) is 13.2 Å². The van der Waals surface area contributed by atoms with Gasteiger partial charge in [0.25, 0.3) is 0 Å². The average molecular weight is 250 g/mol. The van der Waals surface area contributed by atoms with Gasteiger partial charge in [0.2, 0.25) is 0 Å². The highest BCUT2D eigenvalue weighted by Crippen LogP contribution is 2.19. The summed E-state index contributed by atoms with van der Waals surface area (Å²) in [5, 5.41) is 3.39. The highest BCUT2D eigenvalue weighted by molar-refractivity contribution is 5.30. The molecular formula is C14H22N2O2. The van der Waals surface area contributed by atoms with E-state index in [0.717, 1.165) is 44.1 Å². The quantitative estimate of drug-likeness (QED) is 0.838. The fourth-order valence-electron chi connectivity index (χ4n) is 1.92. The van der Waals surface area contributed by atoms with E-state index >= 15 is 0 Å².